The molecule has 13 heavy (non-hydrogen) atoms. The standard InChI is InChI=1S/C9H18O4/c1-9(2,3)8-7(12)6(11)5(10)4-13-8/h5-8,10-12H,4H2,1-3H3/t5-,6+,7-,8?/m1/s1. The largest absolute Gasteiger partial charge is 0.388 e. The van der Waals surface area contributed by atoms with E-state index in [4.69, 9.17) is 4.74 Å². The van der Waals surface area contributed by atoms with Gasteiger partial charge in [-0.3, -0.25) is 0 Å². The Balaban J connectivity index is 2.70. The van der Waals surface area contributed by atoms with Gasteiger partial charge < -0.3 is 20.1 Å². The highest BCUT2D eigenvalue weighted by molar-refractivity contribution is 4.92. The third-order valence-corrected chi connectivity index (χ3v) is 2.35. The zero-order valence-corrected chi connectivity index (χ0v) is 8.27. The van der Waals surface area contributed by atoms with Gasteiger partial charge in [0.15, 0.2) is 0 Å². The Kier molecular flexibility index (Phi) is 2.97. The summed E-state index contributed by atoms with van der Waals surface area (Å²) >= 11 is 0. The third-order valence-electron chi connectivity index (χ3n) is 2.35. The van der Waals surface area contributed by atoms with Crippen LogP contribution in [0.3, 0.4) is 0 Å². The molecule has 0 amide bonds. The normalized spacial score (nSPS) is 42.0. The fraction of sp³-hybridized carbons (Fsp3) is 1.00. The van der Waals surface area contributed by atoms with Gasteiger partial charge >= 0.3 is 0 Å². The lowest BCUT2D eigenvalue weighted by molar-refractivity contribution is -0.211. The van der Waals surface area contributed by atoms with Crippen molar-refractivity contribution in [3.8, 4) is 0 Å². The highest BCUT2D eigenvalue weighted by atomic mass is 16.5. The van der Waals surface area contributed by atoms with Crippen LogP contribution in [0.25, 0.3) is 0 Å². The summed E-state index contributed by atoms with van der Waals surface area (Å²) < 4.78 is 5.28. The summed E-state index contributed by atoms with van der Waals surface area (Å²) in [6.07, 6.45) is -3.51. The molecule has 0 radical (unpaired) electrons. The van der Waals surface area contributed by atoms with E-state index in [2.05, 4.69) is 0 Å². The van der Waals surface area contributed by atoms with Crippen LogP contribution in [0.2, 0.25) is 0 Å². The number of hydrogen-bond acceptors (Lipinski definition) is 4. The zero-order valence-electron chi connectivity index (χ0n) is 8.27. The minimum absolute atomic E-state index is 0.0835. The lowest BCUT2D eigenvalue weighted by atomic mass is 9.81. The van der Waals surface area contributed by atoms with E-state index in [1.807, 2.05) is 20.8 Å². The zero-order chi connectivity index (χ0) is 10.2. The molecule has 1 unspecified atom stereocenters. The van der Waals surface area contributed by atoms with Gasteiger partial charge in [-0.1, -0.05) is 20.8 Å². The summed E-state index contributed by atoms with van der Waals surface area (Å²) in [4.78, 5) is 0. The molecule has 0 saturated carbocycles. The first-order valence-corrected chi connectivity index (χ1v) is 4.50. The van der Waals surface area contributed by atoms with Crippen molar-refractivity contribution in [2.45, 2.75) is 45.2 Å². The summed E-state index contributed by atoms with van der Waals surface area (Å²) in [6.45, 7) is 5.85. The predicted molar refractivity (Wildman–Crippen MR) is 47.2 cm³/mol. The van der Waals surface area contributed by atoms with E-state index in [1.54, 1.807) is 0 Å². The summed E-state index contributed by atoms with van der Waals surface area (Å²) in [5.74, 6) is 0. The van der Waals surface area contributed by atoms with Crippen molar-refractivity contribution >= 4 is 0 Å². The highest BCUT2D eigenvalue weighted by Crippen LogP contribution is 2.30. The Labute approximate surface area is 78.1 Å². The molecule has 0 bridgehead atoms. The molecular weight excluding hydrogens is 172 g/mol. The number of hydrogen-bond donors (Lipinski definition) is 3. The van der Waals surface area contributed by atoms with Gasteiger partial charge in [0.1, 0.15) is 18.3 Å². The molecule has 1 aliphatic rings. The SMILES string of the molecule is CC(C)(C)C1OC[C@@H](O)[C@H](O)[C@H]1O. The second kappa shape index (κ2) is 3.53. The number of aliphatic hydroxyl groups is 3. The van der Waals surface area contributed by atoms with E-state index in [-0.39, 0.29) is 12.0 Å². The van der Waals surface area contributed by atoms with Gasteiger partial charge in [-0.15, -0.1) is 0 Å². The molecule has 0 spiro atoms. The molecule has 4 atom stereocenters. The summed E-state index contributed by atoms with van der Waals surface area (Å²) in [5, 5.41) is 28.2. The first-order valence-electron chi connectivity index (χ1n) is 4.50. The van der Waals surface area contributed by atoms with Gasteiger partial charge in [0.05, 0.1) is 12.7 Å². The average Bonchev–Trinajstić information content (AvgIpc) is 1.98. The van der Waals surface area contributed by atoms with Crippen molar-refractivity contribution in [1.29, 1.82) is 0 Å². The highest BCUT2D eigenvalue weighted by Gasteiger charge is 2.42. The summed E-state index contributed by atoms with van der Waals surface area (Å²) in [7, 11) is 0. The van der Waals surface area contributed by atoms with Crippen molar-refractivity contribution in [2.75, 3.05) is 6.61 Å². The Morgan fingerprint density at radius 2 is 1.62 bits per heavy atom. The van der Waals surface area contributed by atoms with E-state index < -0.39 is 24.4 Å². The van der Waals surface area contributed by atoms with Crippen LogP contribution in [-0.4, -0.2) is 46.3 Å². The Morgan fingerprint density at radius 3 is 2.08 bits per heavy atom. The van der Waals surface area contributed by atoms with E-state index in [0.29, 0.717) is 0 Å². The molecule has 78 valence electrons. The molecule has 1 rings (SSSR count). The Morgan fingerprint density at radius 1 is 1.08 bits per heavy atom. The average molecular weight is 190 g/mol. The van der Waals surface area contributed by atoms with E-state index in [9.17, 15) is 15.3 Å². The van der Waals surface area contributed by atoms with Crippen LogP contribution < -0.4 is 0 Å². The van der Waals surface area contributed by atoms with E-state index in [0.717, 1.165) is 0 Å². The van der Waals surface area contributed by atoms with Gasteiger partial charge in [-0.05, 0) is 5.41 Å². The monoisotopic (exact) mass is 190 g/mol. The maximum atomic E-state index is 9.61. The maximum absolute atomic E-state index is 9.61. The van der Waals surface area contributed by atoms with Crippen LogP contribution in [0.5, 0.6) is 0 Å². The minimum atomic E-state index is -1.10. The lowest BCUT2D eigenvalue weighted by Gasteiger charge is -2.41. The van der Waals surface area contributed by atoms with Gasteiger partial charge in [-0.25, -0.2) is 0 Å². The first kappa shape index (κ1) is 10.9. The van der Waals surface area contributed by atoms with Crippen LogP contribution in [0, 0.1) is 5.41 Å². The quantitative estimate of drug-likeness (QED) is 0.482. The van der Waals surface area contributed by atoms with Gasteiger partial charge in [-0.2, -0.15) is 0 Å². The second-order valence-electron chi connectivity index (χ2n) is 4.67. The number of rotatable bonds is 0. The van der Waals surface area contributed by atoms with Crippen molar-refractivity contribution in [3.63, 3.8) is 0 Å². The van der Waals surface area contributed by atoms with Crippen molar-refractivity contribution in [2.24, 2.45) is 5.41 Å². The maximum Gasteiger partial charge on any atom is 0.111 e. The van der Waals surface area contributed by atoms with Crippen LogP contribution >= 0.6 is 0 Å². The second-order valence-corrected chi connectivity index (χ2v) is 4.67. The summed E-state index contributed by atoms with van der Waals surface area (Å²) in [6, 6.07) is 0. The van der Waals surface area contributed by atoms with Crippen molar-refractivity contribution in [3.05, 3.63) is 0 Å². The third kappa shape index (κ3) is 2.20. The van der Waals surface area contributed by atoms with Crippen LogP contribution in [0.15, 0.2) is 0 Å². The number of ether oxygens (including phenoxy) is 1. The number of aliphatic hydroxyl groups excluding tert-OH is 3. The Hall–Kier alpha value is -0.160. The molecular formula is C9H18O4. The van der Waals surface area contributed by atoms with Gasteiger partial charge in [0.2, 0.25) is 0 Å². The smallest absolute Gasteiger partial charge is 0.111 e. The molecule has 0 aromatic rings. The van der Waals surface area contributed by atoms with Gasteiger partial charge in [0.25, 0.3) is 0 Å². The molecule has 4 nitrogen and oxygen atoms in total. The molecule has 1 heterocycles. The minimum Gasteiger partial charge on any atom is -0.388 e. The summed E-state index contributed by atoms with van der Waals surface area (Å²) in [5.41, 5.74) is -0.236. The molecule has 4 heteroatoms. The Bertz CT molecular complexity index is 175. The van der Waals surface area contributed by atoms with Gasteiger partial charge in [0, 0.05) is 0 Å². The van der Waals surface area contributed by atoms with Crippen LogP contribution in [-0.2, 0) is 4.74 Å². The van der Waals surface area contributed by atoms with Crippen molar-refractivity contribution < 1.29 is 20.1 Å². The first-order chi connectivity index (χ1) is 5.84. The molecule has 0 aromatic carbocycles. The van der Waals surface area contributed by atoms with E-state index >= 15 is 0 Å². The van der Waals surface area contributed by atoms with Crippen LogP contribution in [0.1, 0.15) is 20.8 Å². The van der Waals surface area contributed by atoms with Crippen LogP contribution in [0.4, 0.5) is 0 Å². The molecule has 1 fully saturated rings. The molecule has 1 saturated heterocycles. The van der Waals surface area contributed by atoms with Crippen molar-refractivity contribution in [1.82, 2.24) is 0 Å². The van der Waals surface area contributed by atoms with E-state index in [1.165, 1.54) is 0 Å². The molecule has 1 aliphatic heterocycles. The fourth-order valence-corrected chi connectivity index (χ4v) is 1.57. The molecule has 0 aromatic heterocycles. The lowest BCUT2D eigenvalue weighted by Crippen LogP contribution is -2.56. The topological polar surface area (TPSA) is 69.9 Å². The molecule has 0 aliphatic carbocycles. The predicted octanol–water partition coefficient (Wildman–Crippen LogP) is -0.486. The fourth-order valence-electron chi connectivity index (χ4n) is 1.57. The molecule has 3 N–H and O–H groups in total.